The van der Waals surface area contributed by atoms with E-state index in [-0.39, 0.29) is 17.5 Å². The van der Waals surface area contributed by atoms with Gasteiger partial charge in [-0.3, -0.25) is 0 Å². The zero-order valence-corrected chi connectivity index (χ0v) is 15.0. The fraction of sp³-hybridized carbons (Fsp3) is 0.647. The highest BCUT2D eigenvalue weighted by atomic mass is 32.2. The van der Waals surface area contributed by atoms with Gasteiger partial charge in [0.05, 0.1) is 31.3 Å². The van der Waals surface area contributed by atoms with Gasteiger partial charge in [0.25, 0.3) is 0 Å². The van der Waals surface area contributed by atoms with Crippen molar-refractivity contribution in [2.75, 3.05) is 32.3 Å². The van der Waals surface area contributed by atoms with E-state index in [1.165, 1.54) is 0 Å². The fourth-order valence-electron chi connectivity index (χ4n) is 3.59. The zero-order chi connectivity index (χ0) is 17.2. The van der Waals surface area contributed by atoms with Gasteiger partial charge in [0.1, 0.15) is 11.5 Å². The molecule has 2 atom stereocenters. The third-order valence-electron chi connectivity index (χ3n) is 4.85. The molecule has 1 aromatic carbocycles. The van der Waals surface area contributed by atoms with Gasteiger partial charge in [-0.2, -0.15) is 0 Å². The molecule has 2 saturated heterocycles. The van der Waals surface area contributed by atoms with Crippen molar-refractivity contribution in [3.63, 3.8) is 0 Å². The molecule has 1 aromatic rings. The van der Waals surface area contributed by atoms with Crippen molar-refractivity contribution in [2.24, 2.45) is 0 Å². The lowest BCUT2D eigenvalue weighted by Crippen LogP contribution is -2.47. The topological polar surface area (TPSA) is 73.9 Å². The second-order valence-electron chi connectivity index (χ2n) is 6.67. The Labute approximate surface area is 143 Å². The second kappa shape index (κ2) is 6.90. The number of hydrogen-bond acceptors (Lipinski definition) is 6. The first-order valence-corrected chi connectivity index (χ1v) is 10.1. The highest BCUT2D eigenvalue weighted by Gasteiger charge is 2.46. The number of methoxy groups -OCH3 is 2. The summed E-state index contributed by atoms with van der Waals surface area (Å²) in [5, 5.41) is 3.53. The zero-order valence-electron chi connectivity index (χ0n) is 14.2. The molecular formula is C17H25NO5S. The molecule has 7 heteroatoms. The standard InChI is InChI=1S/C17H25NO5S/c1-21-15-7-13(8-16(9-15)22-2)11-18-14-3-5-23-17(10-14)4-6-24(19,20)12-17/h7-9,14,18H,3-6,10-12H2,1-2H3. The van der Waals surface area contributed by atoms with Crippen LogP contribution < -0.4 is 14.8 Å². The van der Waals surface area contributed by atoms with Gasteiger partial charge in [-0.15, -0.1) is 0 Å². The second-order valence-corrected chi connectivity index (χ2v) is 8.85. The average Bonchev–Trinajstić information content (AvgIpc) is 2.86. The molecule has 0 amide bonds. The van der Waals surface area contributed by atoms with E-state index in [4.69, 9.17) is 14.2 Å². The SMILES string of the molecule is COc1cc(CNC2CCOC3(CCS(=O)(=O)C3)C2)cc(OC)c1. The van der Waals surface area contributed by atoms with Crippen LogP contribution in [-0.4, -0.2) is 52.4 Å². The molecule has 2 unspecified atom stereocenters. The highest BCUT2D eigenvalue weighted by molar-refractivity contribution is 7.91. The lowest BCUT2D eigenvalue weighted by Gasteiger charge is -2.37. The van der Waals surface area contributed by atoms with Crippen molar-refractivity contribution < 1.29 is 22.6 Å². The van der Waals surface area contributed by atoms with Crippen LogP contribution in [0.25, 0.3) is 0 Å². The normalized spacial score (nSPS) is 28.8. The smallest absolute Gasteiger partial charge is 0.153 e. The van der Waals surface area contributed by atoms with Gasteiger partial charge in [-0.1, -0.05) is 0 Å². The third kappa shape index (κ3) is 4.02. The lowest BCUT2D eigenvalue weighted by atomic mass is 9.90. The van der Waals surface area contributed by atoms with E-state index < -0.39 is 15.4 Å². The Balaban J connectivity index is 1.63. The molecule has 0 bridgehead atoms. The van der Waals surface area contributed by atoms with Crippen LogP contribution >= 0.6 is 0 Å². The van der Waals surface area contributed by atoms with Gasteiger partial charge in [0.15, 0.2) is 9.84 Å². The molecule has 0 radical (unpaired) electrons. The van der Waals surface area contributed by atoms with E-state index in [0.29, 0.717) is 19.6 Å². The van der Waals surface area contributed by atoms with Gasteiger partial charge in [-0.25, -0.2) is 8.42 Å². The maximum atomic E-state index is 11.8. The molecule has 134 valence electrons. The number of sulfone groups is 1. The summed E-state index contributed by atoms with van der Waals surface area (Å²) in [6, 6.07) is 6.05. The quantitative estimate of drug-likeness (QED) is 0.863. The van der Waals surface area contributed by atoms with Gasteiger partial charge >= 0.3 is 0 Å². The molecule has 24 heavy (non-hydrogen) atoms. The first kappa shape index (κ1) is 17.5. The highest BCUT2D eigenvalue weighted by Crippen LogP contribution is 2.35. The maximum absolute atomic E-state index is 11.8. The molecule has 0 aliphatic carbocycles. The van der Waals surface area contributed by atoms with Crippen molar-refractivity contribution in [2.45, 2.75) is 37.5 Å². The summed E-state index contributed by atoms with van der Waals surface area (Å²) in [5.41, 5.74) is 0.590. The number of benzene rings is 1. The monoisotopic (exact) mass is 355 g/mol. The Hall–Kier alpha value is -1.31. The maximum Gasteiger partial charge on any atom is 0.153 e. The summed E-state index contributed by atoms with van der Waals surface area (Å²) in [6.45, 7) is 1.29. The average molecular weight is 355 g/mol. The van der Waals surface area contributed by atoms with E-state index >= 15 is 0 Å². The van der Waals surface area contributed by atoms with Gasteiger partial charge in [0, 0.05) is 25.3 Å². The van der Waals surface area contributed by atoms with Gasteiger partial charge in [-0.05, 0) is 37.0 Å². The molecule has 2 heterocycles. The van der Waals surface area contributed by atoms with Crippen LogP contribution in [0.2, 0.25) is 0 Å². The summed E-state index contributed by atoms with van der Waals surface area (Å²) in [6.07, 6.45) is 2.25. The van der Waals surface area contributed by atoms with Crippen molar-refractivity contribution in [3.05, 3.63) is 23.8 Å². The van der Waals surface area contributed by atoms with E-state index in [9.17, 15) is 8.42 Å². The Morgan fingerprint density at radius 1 is 1.25 bits per heavy atom. The molecular weight excluding hydrogens is 330 g/mol. The predicted octanol–water partition coefficient (Wildman–Crippen LogP) is 1.53. The third-order valence-corrected chi connectivity index (χ3v) is 6.64. The van der Waals surface area contributed by atoms with Crippen LogP contribution in [0.4, 0.5) is 0 Å². The molecule has 0 saturated carbocycles. The van der Waals surface area contributed by atoms with Crippen molar-refractivity contribution in [1.82, 2.24) is 5.32 Å². The molecule has 1 spiro atoms. The molecule has 0 aromatic heterocycles. The van der Waals surface area contributed by atoms with Crippen LogP contribution in [0.5, 0.6) is 11.5 Å². The van der Waals surface area contributed by atoms with E-state index in [0.717, 1.165) is 29.9 Å². The minimum atomic E-state index is -2.95. The molecule has 2 fully saturated rings. The summed E-state index contributed by atoms with van der Waals surface area (Å²) in [7, 11) is 0.319. The van der Waals surface area contributed by atoms with E-state index in [2.05, 4.69) is 5.32 Å². The summed E-state index contributed by atoms with van der Waals surface area (Å²) < 4.78 is 40.1. The predicted molar refractivity (Wildman–Crippen MR) is 91.4 cm³/mol. The van der Waals surface area contributed by atoms with Crippen LogP contribution in [0.1, 0.15) is 24.8 Å². The Morgan fingerprint density at radius 2 is 1.96 bits per heavy atom. The van der Waals surface area contributed by atoms with Crippen molar-refractivity contribution >= 4 is 9.84 Å². The Morgan fingerprint density at radius 3 is 2.54 bits per heavy atom. The first-order chi connectivity index (χ1) is 11.4. The van der Waals surface area contributed by atoms with Crippen LogP contribution in [0.3, 0.4) is 0 Å². The van der Waals surface area contributed by atoms with Crippen molar-refractivity contribution in [1.29, 1.82) is 0 Å². The Bertz CT molecular complexity index is 668. The first-order valence-electron chi connectivity index (χ1n) is 8.23. The van der Waals surface area contributed by atoms with Crippen LogP contribution in [0.15, 0.2) is 18.2 Å². The number of nitrogens with one attached hydrogen (secondary N) is 1. The molecule has 3 rings (SSSR count). The van der Waals surface area contributed by atoms with Crippen LogP contribution in [0, 0.1) is 0 Å². The minimum Gasteiger partial charge on any atom is -0.497 e. The summed E-state index contributed by atoms with van der Waals surface area (Å²) in [5.74, 6) is 1.92. The van der Waals surface area contributed by atoms with Gasteiger partial charge in [0.2, 0.25) is 0 Å². The lowest BCUT2D eigenvalue weighted by molar-refractivity contribution is -0.0705. The Kier molecular flexibility index (Phi) is 5.03. The summed E-state index contributed by atoms with van der Waals surface area (Å²) >= 11 is 0. The minimum absolute atomic E-state index is 0.158. The fourth-order valence-corrected chi connectivity index (χ4v) is 5.57. The molecule has 2 aliphatic heterocycles. The molecule has 6 nitrogen and oxygen atoms in total. The summed E-state index contributed by atoms with van der Waals surface area (Å²) in [4.78, 5) is 0. The van der Waals surface area contributed by atoms with E-state index in [1.807, 2.05) is 18.2 Å². The number of ether oxygens (including phenoxy) is 3. The molecule has 1 N–H and O–H groups in total. The largest absolute Gasteiger partial charge is 0.497 e. The number of hydrogen-bond donors (Lipinski definition) is 1. The van der Waals surface area contributed by atoms with Crippen molar-refractivity contribution in [3.8, 4) is 11.5 Å². The number of rotatable bonds is 5. The molecule has 2 aliphatic rings. The van der Waals surface area contributed by atoms with Crippen LogP contribution in [-0.2, 0) is 21.1 Å². The van der Waals surface area contributed by atoms with E-state index in [1.54, 1.807) is 14.2 Å². The van der Waals surface area contributed by atoms with Gasteiger partial charge < -0.3 is 19.5 Å².